The molecule has 7 heteroatoms. The van der Waals surface area contributed by atoms with E-state index in [1.165, 1.54) is 21.9 Å². The Morgan fingerprint density at radius 2 is 2.00 bits per heavy atom. The van der Waals surface area contributed by atoms with Crippen LogP contribution in [-0.2, 0) is 0 Å². The number of phenols is 1. The minimum absolute atomic E-state index is 0.0925. The summed E-state index contributed by atoms with van der Waals surface area (Å²) in [5.41, 5.74) is 5.93. The van der Waals surface area contributed by atoms with Crippen molar-refractivity contribution in [2.75, 3.05) is 39.5 Å². The Morgan fingerprint density at radius 3 is 2.57 bits per heavy atom. The molecule has 0 saturated carbocycles. The van der Waals surface area contributed by atoms with E-state index in [0.717, 1.165) is 0 Å². The summed E-state index contributed by atoms with van der Waals surface area (Å²) in [6, 6.07) is 4.58. The predicted molar refractivity (Wildman–Crippen MR) is 78.5 cm³/mol. The fourth-order valence-corrected chi connectivity index (χ4v) is 2.14. The molecule has 2 rings (SSSR count). The van der Waals surface area contributed by atoms with Crippen LogP contribution in [0.1, 0.15) is 10.4 Å². The lowest BCUT2D eigenvalue weighted by molar-refractivity contribution is 0.0721. The van der Waals surface area contributed by atoms with E-state index in [2.05, 4.69) is 0 Å². The van der Waals surface area contributed by atoms with E-state index in [9.17, 15) is 14.7 Å². The number of urea groups is 1. The van der Waals surface area contributed by atoms with Crippen molar-refractivity contribution in [1.29, 1.82) is 0 Å². The molecular formula is C14H19N4O3. The maximum Gasteiger partial charge on any atom is 0.319 e. The van der Waals surface area contributed by atoms with Gasteiger partial charge in [0.15, 0.2) is 5.75 Å². The lowest BCUT2D eigenvalue weighted by atomic mass is 10.1. The molecule has 1 fully saturated rings. The van der Waals surface area contributed by atoms with Gasteiger partial charge in [-0.1, -0.05) is 6.07 Å². The molecular weight excluding hydrogens is 272 g/mol. The van der Waals surface area contributed by atoms with Crippen LogP contribution in [0.15, 0.2) is 18.2 Å². The Bertz CT molecular complexity index is 551. The highest BCUT2D eigenvalue weighted by molar-refractivity contribution is 5.99. The zero-order valence-electron chi connectivity index (χ0n) is 12.1. The summed E-state index contributed by atoms with van der Waals surface area (Å²) in [5.74, 6) is -0.528. The van der Waals surface area contributed by atoms with Crippen LogP contribution in [0.5, 0.6) is 5.75 Å². The molecule has 0 spiro atoms. The third-order valence-corrected chi connectivity index (χ3v) is 3.34. The zero-order valence-corrected chi connectivity index (χ0v) is 12.1. The third-order valence-electron chi connectivity index (χ3n) is 3.34. The average molecular weight is 291 g/mol. The van der Waals surface area contributed by atoms with Crippen molar-refractivity contribution in [1.82, 2.24) is 14.7 Å². The van der Waals surface area contributed by atoms with Gasteiger partial charge in [0.1, 0.15) is 0 Å². The second-order valence-corrected chi connectivity index (χ2v) is 5.05. The van der Waals surface area contributed by atoms with E-state index >= 15 is 0 Å². The number of carbonyl (C=O) groups excluding carboxylic acids is 2. The number of nitrogens with two attached hydrogens (primary N) is 1. The topological polar surface area (TPSA) is 90.1 Å². The van der Waals surface area contributed by atoms with Gasteiger partial charge in [-0.2, -0.15) is 0 Å². The number of nitrogen functional groups attached to an aromatic ring is 1. The number of anilines is 1. The van der Waals surface area contributed by atoms with Gasteiger partial charge in [0.25, 0.3) is 5.91 Å². The lowest BCUT2D eigenvalue weighted by Crippen LogP contribution is -2.50. The maximum absolute atomic E-state index is 12.3. The van der Waals surface area contributed by atoms with Crippen molar-refractivity contribution in [3.05, 3.63) is 30.3 Å². The van der Waals surface area contributed by atoms with Gasteiger partial charge in [0.2, 0.25) is 0 Å². The summed E-state index contributed by atoms with van der Waals surface area (Å²) in [4.78, 5) is 28.8. The highest BCUT2D eigenvalue weighted by Crippen LogP contribution is 2.26. The number of para-hydroxylation sites is 1. The molecule has 1 saturated heterocycles. The number of benzene rings is 1. The van der Waals surface area contributed by atoms with E-state index in [4.69, 9.17) is 5.73 Å². The quantitative estimate of drug-likeness (QED) is 0.585. The van der Waals surface area contributed by atoms with Crippen LogP contribution < -0.4 is 5.73 Å². The summed E-state index contributed by atoms with van der Waals surface area (Å²) in [6.07, 6.45) is 0. The minimum Gasteiger partial charge on any atom is -0.505 e. The van der Waals surface area contributed by atoms with Crippen LogP contribution in [0.2, 0.25) is 0 Å². The second-order valence-electron chi connectivity index (χ2n) is 5.05. The Morgan fingerprint density at radius 1 is 1.29 bits per heavy atom. The Kier molecular flexibility index (Phi) is 4.21. The van der Waals surface area contributed by atoms with E-state index < -0.39 is 0 Å². The number of phenolic OH excluding ortho intramolecular Hbond substituents is 1. The molecule has 1 aromatic carbocycles. The molecule has 0 bridgehead atoms. The van der Waals surface area contributed by atoms with E-state index in [1.54, 1.807) is 31.6 Å². The zero-order chi connectivity index (χ0) is 15.6. The van der Waals surface area contributed by atoms with Crippen LogP contribution >= 0.6 is 0 Å². The van der Waals surface area contributed by atoms with E-state index in [1.807, 2.05) is 0 Å². The number of rotatable bonds is 1. The summed E-state index contributed by atoms with van der Waals surface area (Å²) in [7, 11) is 3.37. The van der Waals surface area contributed by atoms with Crippen LogP contribution in [0, 0.1) is 6.54 Å². The molecule has 0 aromatic heterocycles. The number of nitrogens with zero attached hydrogens (tertiary/aromatic N) is 3. The first-order valence-electron chi connectivity index (χ1n) is 6.59. The van der Waals surface area contributed by atoms with Gasteiger partial charge in [-0.05, 0) is 12.1 Å². The minimum atomic E-state index is -0.322. The molecule has 1 radical (unpaired) electrons. The molecule has 7 nitrogen and oxygen atoms in total. The number of aromatic hydroxyl groups is 1. The molecule has 1 aliphatic rings. The molecule has 0 unspecified atom stereocenters. The normalized spacial score (nSPS) is 15.0. The molecule has 3 N–H and O–H groups in total. The molecule has 113 valence electrons. The van der Waals surface area contributed by atoms with Crippen LogP contribution in [-0.4, -0.2) is 65.5 Å². The molecule has 1 aromatic rings. The number of piperazine rings is 1. The number of hydrogen-bond acceptors (Lipinski definition) is 4. The Balaban J connectivity index is 2.04. The van der Waals surface area contributed by atoms with Crippen LogP contribution in [0.25, 0.3) is 0 Å². The number of carbonyl (C=O) groups is 2. The SMILES string of the molecule is CN(C)C(=O)N1C[CH]N(C(=O)c2cccc(N)c2O)CC1. The summed E-state index contributed by atoms with van der Waals surface area (Å²) in [6.45, 7) is 2.83. The fourth-order valence-electron chi connectivity index (χ4n) is 2.14. The largest absolute Gasteiger partial charge is 0.505 e. The Hall–Kier alpha value is -2.44. The van der Waals surface area contributed by atoms with Gasteiger partial charge < -0.3 is 25.5 Å². The first-order chi connectivity index (χ1) is 9.91. The fraction of sp³-hybridized carbons (Fsp3) is 0.357. The number of amides is 3. The first-order valence-corrected chi connectivity index (χ1v) is 6.59. The van der Waals surface area contributed by atoms with Gasteiger partial charge >= 0.3 is 6.03 Å². The van der Waals surface area contributed by atoms with Gasteiger partial charge in [-0.15, -0.1) is 0 Å². The highest BCUT2D eigenvalue weighted by atomic mass is 16.3. The van der Waals surface area contributed by atoms with Gasteiger partial charge in [0, 0.05) is 33.7 Å². The second kappa shape index (κ2) is 5.90. The van der Waals surface area contributed by atoms with E-state index in [-0.39, 0.29) is 28.9 Å². The summed E-state index contributed by atoms with van der Waals surface area (Å²) >= 11 is 0. The molecule has 21 heavy (non-hydrogen) atoms. The maximum atomic E-state index is 12.3. The van der Waals surface area contributed by atoms with Crippen molar-refractivity contribution < 1.29 is 14.7 Å². The standard InChI is InChI=1S/C14H19N4O3/c1-16(2)14(21)18-8-6-17(7-9-18)13(20)10-4-3-5-11(15)12(10)19/h3-6,19H,7-9,15H2,1-2H3. The van der Waals surface area contributed by atoms with Crippen molar-refractivity contribution in [2.45, 2.75) is 0 Å². The smallest absolute Gasteiger partial charge is 0.319 e. The van der Waals surface area contributed by atoms with Crippen molar-refractivity contribution in [3.63, 3.8) is 0 Å². The molecule has 3 amide bonds. The lowest BCUT2D eigenvalue weighted by Gasteiger charge is -2.35. The molecule has 1 aliphatic heterocycles. The van der Waals surface area contributed by atoms with Crippen molar-refractivity contribution in [3.8, 4) is 5.75 Å². The third kappa shape index (κ3) is 3.01. The summed E-state index contributed by atoms with van der Waals surface area (Å²) in [5, 5.41) is 9.85. The molecule has 0 atom stereocenters. The van der Waals surface area contributed by atoms with Crippen molar-refractivity contribution >= 4 is 17.6 Å². The van der Waals surface area contributed by atoms with Gasteiger partial charge in [0.05, 0.1) is 17.8 Å². The average Bonchev–Trinajstić information content (AvgIpc) is 2.48. The van der Waals surface area contributed by atoms with E-state index in [0.29, 0.717) is 19.6 Å². The molecule has 1 heterocycles. The predicted octanol–water partition coefficient (Wildman–Crippen LogP) is 0.576. The van der Waals surface area contributed by atoms with Crippen molar-refractivity contribution in [2.24, 2.45) is 0 Å². The van der Waals surface area contributed by atoms with Crippen LogP contribution in [0.3, 0.4) is 0 Å². The number of hydrogen-bond donors (Lipinski definition) is 2. The van der Waals surface area contributed by atoms with Crippen LogP contribution in [0.4, 0.5) is 10.5 Å². The molecule has 0 aliphatic carbocycles. The van der Waals surface area contributed by atoms with Gasteiger partial charge in [-0.25, -0.2) is 4.79 Å². The monoisotopic (exact) mass is 291 g/mol. The highest BCUT2D eigenvalue weighted by Gasteiger charge is 2.27. The first kappa shape index (κ1) is 15.0. The summed E-state index contributed by atoms with van der Waals surface area (Å²) < 4.78 is 0. The Labute approximate surface area is 123 Å². The van der Waals surface area contributed by atoms with Gasteiger partial charge in [-0.3, -0.25) is 4.79 Å².